The topological polar surface area (TPSA) is 12.0 Å². The molecule has 0 saturated heterocycles. The Hall–Kier alpha value is -2.02. The third-order valence-electron chi connectivity index (χ3n) is 3.76. The maximum atomic E-state index is 3.57. The molecule has 0 saturated carbocycles. The minimum Gasteiger partial charge on any atom is -0.362 e. The molecule has 0 amide bonds. The van der Waals surface area contributed by atoms with Crippen LogP contribution in [-0.4, -0.2) is 0 Å². The van der Waals surface area contributed by atoms with E-state index in [2.05, 4.69) is 69.1 Å². The zero-order chi connectivity index (χ0) is 16.9. The maximum Gasteiger partial charge on any atom is 0.0379 e. The Bertz CT molecular complexity index is 537. The van der Waals surface area contributed by atoms with Crippen LogP contribution in [0.2, 0.25) is 0 Å². The molecule has 0 aromatic heterocycles. The number of hydrogen-bond donors (Lipinski definition) is 1. The van der Waals surface area contributed by atoms with Crippen molar-refractivity contribution in [1.82, 2.24) is 0 Å². The van der Waals surface area contributed by atoms with E-state index in [0.29, 0.717) is 0 Å². The van der Waals surface area contributed by atoms with E-state index >= 15 is 0 Å². The number of aryl methyl sites for hydroxylation is 3. The molecule has 0 aliphatic rings. The van der Waals surface area contributed by atoms with Gasteiger partial charge >= 0.3 is 0 Å². The molecule has 124 valence electrons. The molecular formula is C22H31N. The van der Waals surface area contributed by atoms with Crippen LogP contribution in [0.5, 0.6) is 0 Å². The molecule has 0 heterocycles. The van der Waals surface area contributed by atoms with E-state index in [0.717, 1.165) is 5.69 Å². The summed E-state index contributed by atoms with van der Waals surface area (Å²) in [6.07, 6.45) is 8.35. The predicted octanol–water partition coefficient (Wildman–Crippen LogP) is 6.67. The Morgan fingerprint density at radius 2 is 1.39 bits per heavy atom. The van der Waals surface area contributed by atoms with Crippen LogP contribution in [0, 0.1) is 13.8 Å². The van der Waals surface area contributed by atoms with Gasteiger partial charge in [-0.25, -0.2) is 0 Å². The molecular weight excluding hydrogens is 278 g/mol. The second-order valence-electron chi connectivity index (χ2n) is 6.01. The number of hydrogen-bond acceptors (Lipinski definition) is 1. The lowest BCUT2D eigenvalue weighted by molar-refractivity contribution is 0.667. The average molecular weight is 309 g/mol. The molecule has 1 N–H and O–H groups in total. The molecule has 0 aliphatic carbocycles. The molecule has 0 bridgehead atoms. The van der Waals surface area contributed by atoms with Crippen molar-refractivity contribution >= 4 is 5.69 Å². The molecule has 1 nitrogen and oxygen atoms in total. The molecule has 0 radical (unpaired) electrons. The SMILES string of the molecule is C=CNc1ccc(C)cc1.CCCCCCc1ccc(C)cc1. The Kier molecular flexibility index (Phi) is 9.54. The molecule has 0 unspecified atom stereocenters. The second kappa shape index (κ2) is 11.5. The fourth-order valence-corrected chi connectivity index (χ4v) is 2.28. The smallest absolute Gasteiger partial charge is 0.0379 e. The minimum atomic E-state index is 1.08. The fraction of sp³-hybridized carbons (Fsp3) is 0.364. The third-order valence-corrected chi connectivity index (χ3v) is 3.76. The summed E-state index contributed by atoms with van der Waals surface area (Å²) < 4.78 is 0. The number of nitrogens with one attached hydrogen (secondary N) is 1. The summed E-state index contributed by atoms with van der Waals surface area (Å²) in [6, 6.07) is 17.1. The molecule has 0 fully saturated rings. The van der Waals surface area contributed by atoms with E-state index in [1.54, 1.807) is 6.20 Å². The molecule has 2 rings (SSSR count). The van der Waals surface area contributed by atoms with Gasteiger partial charge in [0.1, 0.15) is 0 Å². The van der Waals surface area contributed by atoms with E-state index in [-0.39, 0.29) is 0 Å². The molecule has 0 spiro atoms. The summed E-state index contributed by atoms with van der Waals surface area (Å²) in [6.45, 7) is 10.0. The molecule has 2 aromatic rings. The van der Waals surface area contributed by atoms with Crippen LogP contribution < -0.4 is 5.32 Å². The van der Waals surface area contributed by atoms with E-state index in [4.69, 9.17) is 0 Å². The van der Waals surface area contributed by atoms with Crippen molar-refractivity contribution in [3.05, 3.63) is 78.0 Å². The van der Waals surface area contributed by atoms with Gasteiger partial charge in [0.25, 0.3) is 0 Å². The van der Waals surface area contributed by atoms with E-state index in [9.17, 15) is 0 Å². The highest BCUT2D eigenvalue weighted by molar-refractivity contribution is 5.46. The Balaban J connectivity index is 0.000000238. The first-order valence-corrected chi connectivity index (χ1v) is 8.65. The van der Waals surface area contributed by atoms with Crippen molar-refractivity contribution < 1.29 is 0 Å². The van der Waals surface area contributed by atoms with Crippen LogP contribution in [0.25, 0.3) is 0 Å². The lowest BCUT2D eigenvalue weighted by Crippen LogP contribution is -1.85. The van der Waals surface area contributed by atoms with Crippen molar-refractivity contribution in [2.45, 2.75) is 52.9 Å². The zero-order valence-corrected chi connectivity index (χ0v) is 14.9. The van der Waals surface area contributed by atoms with Crippen LogP contribution in [0.3, 0.4) is 0 Å². The van der Waals surface area contributed by atoms with Gasteiger partial charge in [-0.05, 0) is 50.6 Å². The van der Waals surface area contributed by atoms with Crippen LogP contribution in [0.1, 0.15) is 49.3 Å². The summed E-state index contributed by atoms with van der Waals surface area (Å²) in [4.78, 5) is 0. The van der Waals surface area contributed by atoms with E-state index in [1.165, 1.54) is 48.8 Å². The first-order chi connectivity index (χ1) is 11.2. The van der Waals surface area contributed by atoms with Crippen LogP contribution >= 0.6 is 0 Å². The van der Waals surface area contributed by atoms with Crippen molar-refractivity contribution in [3.8, 4) is 0 Å². The molecule has 0 aliphatic heterocycles. The van der Waals surface area contributed by atoms with Crippen molar-refractivity contribution in [2.75, 3.05) is 5.32 Å². The first-order valence-electron chi connectivity index (χ1n) is 8.65. The predicted molar refractivity (Wildman–Crippen MR) is 104 cm³/mol. The second-order valence-corrected chi connectivity index (χ2v) is 6.01. The normalized spacial score (nSPS) is 9.70. The first kappa shape index (κ1) is 19.0. The standard InChI is InChI=1S/C13H20.C9H11N/c1-3-4-5-6-7-13-10-8-12(2)9-11-13;1-3-10-9-6-4-8(2)5-7-9/h8-11H,3-7H2,1-2H3;3-7,10H,1H2,2H3. The summed E-state index contributed by atoms with van der Waals surface area (Å²) >= 11 is 0. The molecule has 2 aromatic carbocycles. The highest BCUT2D eigenvalue weighted by atomic mass is 14.8. The Morgan fingerprint density at radius 3 is 1.91 bits per heavy atom. The number of rotatable bonds is 7. The maximum absolute atomic E-state index is 3.57. The van der Waals surface area contributed by atoms with Gasteiger partial charge in [0.2, 0.25) is 0 Å². The number of benzene rings is 2. The van der Waals surface area contributed by atoms with Gasteiger partial charge in [-0.2, -0.15) is 0 Å². The zero-order valence-electron chi connectivity index (χ0n) is 14.9. The lowest BCUT2D eigenvalue weighted by atomic mass is 10.1. The Morgan fingerprint density at radius 1 is 0.826 bits per heavy atom. The summed E-state index contributed by atoms with van der Waals surface area (Å²) in [7, 11) is 0. The number of anilines is 1. The lowest BCUT2D eigenvalue weighted by Gasteiger charge is -2.01. The van der Waals surface area contributed by atoms with Gasteiger partial charge < -0.3 is 5.32 Å². The average Bonchev–Trinajstić information content (AvgIpc) is 2.56. The van der Waals surface area contributed by atoms with Crippen LogP contribution in [0.15, 0.2) is 61.3 Å². The van der Waals surface area contributed by atoms with Gasteiger partial charge in [-0.15, -0.1) is 0 Å². The minimum absolute atomic E-state index is 1.08. The molecule has 1 heteroatoms. The highest BCUT2D eigenvalue weighted by Crippen LogP contribution is 2.09. The number of unbranched alkanes of at least 4 members (excludes halogenated alkanes) is 3. The fourth-order valence-electron chi connectivity index (χ4n) is 2.28. The third kappa shape index (κ3) is 8.87. The van der Waals surface area contributed by atoms with Gasteiger partial charge in [-0.1, -0.05) is 80.3 Å². The summed E-state index contributed by atoms with van der Waals surface area (Å²) in [5.41, 5.74) is 5.20. The molecule has 23 heavy (non-hydrogen) atoms. The van der Waals surface area contributed by atoms with Crippen LogP contribution in [0.4, 0.5) is 5.69 Å². The van der Waals surface area contributed by atoms with Gasteiger partial charge in [-0.3, -0.25) is 0 Å². The van der Waals surface area contributed by atoms with Crippen molar-refractivity contribution in [2.24, 2.45) is 0 Å². The van der Waals surface area contributed by atoms with Crippen molar-refractivity contribution in [1.29, 1.82) is 0 Å². The highest BCUT2D eigenvalue weighted by Gasteiger charge is 1.92. The van der Waals surface area contributed by atoms with Gasteiger partial charge in [0.05, 0.1) is 0 Å². The largest absolute Gasteiger partial charge is 0.362 e. The van der Waals surface area contributed by atoms with Crippen molar-refractivity contribution in [3.63, 3.8) is 0 Å². The summed E-state index contributed by atoms with van der Waals surface area (Å²) in [5.74, 6) is 0. The quantitative estimate of drug-likeness (QED) is 0.563. The molecule has 0 atom stereocenters. The van der Waals surface area contributed by atoms with Gasteiger partial charge in [0, 0.05) is 5.69 Å². The monoisotopic (exact) mass is 309 g/mol. The van der Waals surface area contributed by atoms with E-state index < -0.39 is 0 Å². The van der Waals surface area contributed by atoms with Gasteiger partial charge in [0.15, 0.2) is 0 Å². The summed E-state index contributed by atoms with van der Waals surface area (Å²) in [5, 5.41) is 3.00. The van der Waals surface area contributed by atoms with E-state index in [1.807, 2.05) is 12.1 Å². The van der Waals surface area contributed by atoms with Crippen LogP contribution in [-0.2, 0) is 6.42 Å². The Labute approximate surface area is 142 Å².